The summed E-state index contributed by atoms with van der Waals surface area (Å²) in [4.78, 5) is 0. The molecule has 2 atom stereocenters. The van der Waals surface area contributed by atoms with Crippen molar-refractivity contribution in [1.82, 2.24) is 10.6 Å². The highest BCUT2D eigenvalue weighted by molar-refractivity contribution is 5.34. The Kier molecular flexibility index (Phi) is 12.0. The van der Waals surface area contributed by atoms with Crippen LogP contribution in [0, 0.1) is 0 Å². The number of rotatable bonds is 16. The molecule has 2 rings (SSSR count). The molecule has 0 bridgehead atoms. The highest BCUT2D eigenvalue weighted by Gasteiger charge is 2.06. The van der Waals surface area contributed by atoms with E-state index in [9.17, 15) is 10.2 Å². The van der Waals surface area contributed by atoms with Crippen LogP contribution in [-0.2, 0) is 6.42 Å². The summed E-state index contributed by atoms with van der Waals surface area (Å²) in [6.45, 7) is 5.72. The van der Waals surface area contributed by atoms with Gasteiger partial charge in [-0.1, -0.05) is 31.2 Å². The van der Waals surface area contributed by atoms with E-state index in [4.69, 9.17) is 15.2 Å². The standard InChI is InChI=1S/C24H37N3O4/c1-2-12-26-15-21(28)17-30-23-7-3-19(4-8-23)14-20-5-9-24(10-6-20)31-18-22(29)16-27-13-11-25/h3-10,21-22,26-29H,2,11-18,25H2,1H3. The predicted octanol–water partition coefficient (Wildman–Crippen LogP) is 1.30. The Morgan fingerprint density at radius 2 is 1.23 bits per heavy atom. The molecular formula is C24H37N3O4. The molecule has 0 spiro atoms. The van der Waals surface area contributed by atoms with Crippen molar-refractivity contribution in [2.45, 2.75) is 32.0 Å². The predicted molar refractivity (Wildman–Crippen MR) is 124 cm³/mol. The molecule has 0 heterocycles. The molecule has 0 aliphatic carbocycles. The molecular weight excluding hydrogens is 394 g/mol. The second kappa shape index (κ2) is 14.8. The van der Waals surface area contributed by atoms with Crippen molar-refractivity contribution in [2.75, 3.05) is 45.9 Å². The average molecular weight is 432 g/mol. The highest BCUT2D eigenvalue weighted by Crippen LogP contribution is 2.18. The SMILES string of the molecule is CCCNCC(O)COc1ccc(Cc2ccc(OCC(O)CNCCN)cc2)cc1. The molecule has 31 heavy (non-hydrogen) atoms. The lowest BCUT2D eigenvalue weighted by molar-refractivity contribution is 0.106. The van der Waals surface area contributed by atoms with Crippen LogP contribution in [0.2, 0.25) is 0 Å². The van der Waals surface area contributed by atoms with Gasteiger partial charge in [0.2, 0.25) is 0 Å². The van der Waals surface area contributed by atoms with Crippen LogP contribution in [0.3, 0.4) is 0 Å². The van der Waals surface area contributed by atoms with Gasteiger partial charge in [0.25, 0.3) is 0 Å². The van der Waals surface area contributed by atoms with Crippen LogP contribution < -0.4 is 25.8 Å². The van der Waals surface area contributed by atoms with Crippen LogP contribution in [0.4, 0.5) is 0 Å². The highest BCUT2D eigenvalue weighted by atomic mass is 16.5. The molecule has 0 radical (unpaired) electrons. The Bertz CT molecular complexity index is 648. The number of nitrogens with two attached hydrogens (primary N) is 1. The first-order valence-corrected chi connectivity index (χ1v) is 11.0. The first-order chi connectivity index (χ1) is 15.1. The molecule has 2 aromatic carbocycles. The van der Waals surface area contributed by atoms with Gasteiger partial charge in [-0.25, -0.2) is 0 Å². The van der Waals surface area contributed by atoms with Crippen LogP contribution >= 0.6 is 0 Å². The van der Waals surface area contributed by atoms with Crippen molar-refractivity contribution in [3.63, 3.8) is 0 Å². The molecule has 0 fully saturated rings. The maximum Gasteiger partial charge on any atom is 0.119 e. The van der Waals surface area contributed by atoms with Crippen LogP contribution in [0.25, 0.3) is 0 Å². The summed E-state index contributed by atoms with van der Waals surface area (Å²) in [5.74, 6) is 1.49. The quantitative estimate of drug-likeness (QED) is 0.255. The van der Waals surface area contributed by atoms with Crippen molar-refractivity contribution in [2.24, 2.45) is 5.73 Å². The molecule has 0 saturated carbocycles. The monoisotopic (exact) mass is 431 g/mol. The molecule has 2 unspecified atom stereocenters. The molecule has 6 N–H and O–H groups in total. The number of aliphatic hydroxyl groups excluding tert-OH is 2. The largest absolute Gasteiger partial charge is 0.491 e. The third kappa shape index (κ3) is 10.6. The summed E-state index contributed by atoms with van der Waals surface area (Å²) in [6, 6.07) is 15.8. The summed E-state index contributed by atoms with van der Waals surface area (Å²) < 4.78 is 11.3. The van der Waals surface area contributed by atoms with E-state index in [1.54, 1.807) is 0 Å². The van der Waals surface area contributed by atoms with E-state index in [2.05, 4.69) is 17.6 Å². The van der Waals surface area contributed by atoms with Gasteiger partial charge in [0, 0.05) is 26.2 Å². The van der Waals surface area contributed by atoms with Gasteiger partial charge < -0.3 is 36.1 Å². The second-order valence-corrected chi connectivity index (χ2v) is 7.59. The van der Waals surface area contributed by atoms with Gasteiger partial charge in [-0.3, -0.25) is 0 Å². The summed E-state index contributed by atoms with van der Waals surface area (Å²) in [7, 11) is 0. The Morgan fingerprint density at radius 1 is 0.774 bits per heavy atom. The first kappa shape index (κ1) is 25.1. The molecule has 0 aliphatic heterocycles. The minimum Gasteiger partial charge on any atom is -0.491 e. The number of ether oxygens (including phenoxy) is 2. The van der Waals surface area contributed by atoms with E-state index in [0.29, 0.717) is 26.2 Å². The van der Waals surface area contributed by atoms with E-state index in [0.717, 1.165) is 30.9 Å². The minimum atomic E-state index is -0.569. The molecule has 2 aromatic rings. The molecule has 172 valence electrons. The Hall–Kier alpha value is -2.16. The lowest BCUT2D eigenvalue weighted by atomic mass is 10.0. The number of aliphatic hydroxyl groups is 2. The van der Waals surface area contributed by atoms with Crippen LogP contribution in [0.1, 0.15) is 24.5 Å². The molecule has 0 saturated heterocycles. The number of benzene rings is 2. The van der Waals surface area contributed by atoms with E-state index >= 15 is 0 Å². The van der Waals surface area contributed by atoms with E-state index in [-0.39, 0.29) is 13.2 Å². The van der Waals surface area contributed by atoms with Crippen molar-refractivity contribution < 1.29 is 19.7 Å². The smallest absolute Gasteiger partial charge is 0.119 e. The third-order valence-electron chi connectivity index (χ3n) is 4.65. The lowest BCUT2D eigenvalue weighted by Crippen LogP contribution is -2.34. The summed E-state index contributed by atoms with van der Waals surface area (Å²) in [5.41, 5.74) is 7.75. The van der Waals surface area contributed by atoms with Gasteiger partial charge in [0.15, 0.2) is 0 Å². The molecule has 0 aromatic heterocycles. The Balaban J connectivity index is 1.72. The topological polar surface area (TPSA) is 109 Å². The van der Waals surface area contributed by atoms with Crippen molar-refractivity contribution in [3.05, 3.63) is 59.7 Å². The van der Waals surface area contributed by atoms with Gasteiger partial charge in [0.1, 0.15) is 36.9 Å². The van der Waals surface area contributed by atoms with Gasteiger partial charge in [0.05, 0.1) is 0 Å². The summed E-state index contributed by atoms with van der Waals surface area (Å²) in [6.07, 6.45) is 0.757. The molecule has 7 nitrogen and oxygen atoms in total. The van der Waals surface area contributed by atoms with Crippen molar-refractivity contribution >= 4 is 0 Å². The maximum atomic E-state index is 9.91. The van der Waals surface area contributed by atoms with Crippen LogP contribution in [-0.4, -0.2) is 68.4 Å². The van der Waals surface area contributed by atoms with Gasteiger partial charge in [-0.2, -0.15) is 0 Å². The fraction of sp³-hybridized carbons (Fsp3) is 0.500. The first-order valence-electron chi connectivity index (χ1n) is 11.0. The molecule has 7 heteroatoms. The fourth-order valence-corrected chi connectivity index (χ4v) is 2.96. The van der Waals surface area contributed by atoms with Crippen molar-refractivity contribution in [1.29, 1.82) is 0 Å². The molecule has 0 aliphatic rings. The lowest BCUT2D eigenvalue weighted by Gasteiger charge is -2.14. The number of nitrogens with one attached hydrogen (secondary N) is 2. The minimum absolute atomic E-state index is 0.238. The fourth-order valence-electron chi connectivity index (χ4n) is 2.96. The second-order valence-electron chi connectivity index (χ2n) is 7.59. The zero-order valence-corrected chi connectivity index (χ0v) is 18.4. The number of hydrogen-bond acceptors (Lipinski definition) is 7. The summed E-state index contributed by atoms with van der Waals surface area (Å²) in [5, 5.41) is 26.0. The van der Waals surface area contributed by atoms with E-state index in [1.807, 2.05) is 48.5 Å². The maximum absolute atomic E-state index is 9.91. The van der Waals surface area contributed by atoms with Gasteiger partial charge >= 0.3 is 0 Å². The Labute approximate surface area is 185 Å². The normalized spacial score (nSPS) is 13.0. The summed E-state index contributed by atoms with van der Waals surface area (Å²) >= 11 is 0. The van der Waals surface area contributed by atoms with E-state index < -0.39 is 12.2 Å². The van der Waals surface area contributed by atoms with Crippen molar-refractivity contribution in [3.8, 4) is 11.5 Å². The van der Waals surface area contributed by atoms with Crippen LogP contribution in [0.5, 0.6) is 11.5 Å². The van der Waals surface area contributed by atoms with Crippen LogP contribution in [0.15, 0.2) is 48.5 Å². The third-order valence-corrected chi connectivity index (χ3v) is 4.65. The zero-order chi connectivity index (χ0) is 22.3. The number of hydrogen-bond donors (Lipinski definition) is 5. The van der Waals surface area contributed by atoms with E-state index in [1.165, 1.54) is 11.1 Å². The van der Waals surface area contributed by atoms with Gasteiger partial charge in [-0.15, -0.1) is 0 Å². The van der Waals surface area contributed by atoms with Gasteiger partial charge in [-0.05, 0) is 54.8 Å². The molecule has 0 amide bonds. The average Bonchev–Trinajstić information content (AvgIpc) is 2.78. The Morgan fingerprint density at radius 3 is 1.65 bits per heavy atom. The zero-order valence-electron chi connectivity index (χ0n) is 18.4.